The number of benzene rings is 1. The van der Waals surface area contributed by atoms with Gasteiger partial charge < -0.3 is 4.98 Å². The van der Waals surface area contributed by atoms with E-state index in [2.05, 4.69) is 10.3 Å². The van der Waals surface area contributed by atoms with E-state index in [-0.39, 0.29) is 6.42 Å². The van der Waals surface area contributed by atoms with Crippen LogP contribution in [0.25, 0.3) is 10.9 Å². The van der Waals surface area contributed by atoms with Crippen molar-refractivity contribution in [3.05, 3.63) is 35.5 Å². The molecule has 0 saturated carbocycles. The van der Waals surface area contributed by atoms with Crippen LogP contribution >= 0.6 is 0 Å². The lowest BCUT2D eigenvalue weighted by molar-refractivity contribution is -0.195. The van der Waals surface area contributed by atoms with Crippen LogP contribution in [-0.4, -0.2) is 17.7 Å². The molecule has 2 aromatic rings. The van der Waals surface area contributed by atoms with Gasteiger partial charge >= 0.3 is 6.18 Å². The molecule has 1 aromatic carbocycles. The highest BCUT2D eigenvalue weighted by molar-refractivity contribution is 5.85. The molecular weight excluding hydrogens is 253 g/mol. The van der Waals surface area contributed by atoms with Gasteiger partial charge in [-0.1, -0.05) is 12.1 Å². The summed E-state index contributed by atoms with van der Waals surface area (Å²) in [7, 11) is 0. The summed E-state index contributed by atoms with van der Waals surface area (Å²) in [5, 5.41) is 3.32. The predicted molar refractivity (Wildman–Crippen MR) is 68.0 cm³/mol. The summed E-state index contributed by atoms with van der Waals surface area (Å²) in [6, 6.07) is 5.49. The summed E-state index contributed by atoms with van der Waals surface area (Å²) < 4.78 is 40.5. The molecule has 0 aliphatic carbocycles. The van der Waals surface area contributed by atoms with Crippen molar-refractivity contribution in [2.75, 3.05) is 6.54 Å². The molecule has 1 fully saturated rings. The molecule has 1 atom stereocenters. The van der Waals surface area contributed by atoms with Crippen LogP contribution in [0.1, 0.15) is 24.0 Å². The first-order valence-corrected chi connectivity index (χ1v) is 6.34. The van der Waals surface area contributed by atoms with Gasteiger partial charge in [0.25, 0.3) is 0 Å². The first-order valence-electron chi connectivity index (χ1n) is 6.34. The number of aryl methyl sites for hydroxylation is 1. The highest BCUT2D eigenvalue weighted by Gasteiger charge is 2.58. The normalized spacial score (nSPS) is 24.2. The SMILES string of the molecule is Cc1ccc2c(C3(C(F)(F)F)CCCN3)c[nH]c2c1. The molecule has 1 saturated heterocycles. The lowest BCUT2D eigenvalue weighted by atomic mass is 9.87. The summed E-state index contributed by atoms with van der Waals surface area (Å²) in [6.45, 7) is 2.32. The lowest BCUT2D eigenvalue weighted by Crippen LogP contribution is -2.49. The van der Waals surface area contributed by atoms with Crippen LogP contribution in [0.2, 0.25) is 0 Å². The van der Waals surface area contributed by atoms with E-state index in [9.17, 15) is 13.2 Å². The van der Waals surface area contributed by atoms with Crippen molar-refractivity contribution in [1.29, 1.82) is 0 Å². The highest BCUT2D eigenvalue weighted by Crippen LogP contribution is 2.47. The number of rotatable bonds is 1. The fourth-order valence-electron chi connectivity index (χ4n) is 2.96. The van der Waals surface area contributed by atoms with Crippen LogP contribution in [0, 0.1) is 6.92 Å². The molecule has 1 aliphatic rings. The van der Waals surface area contributed by atoms with Gasteiger partial charge in [0, 0.05) is 22.7 Å². The molecule has 3 rings (SSSR count). The van der Waals surface area contributed by atoms with E-state index < -0.39 is 11.7 Å². The molecule has 19 heavy (non-hydrogen) atoms. The second-order valence-corrected chi connectivity index (χ2v) is 5.18. The van der Waals surface area contributed by atoms with Gasteiger partial charge in [-0.3, -0.25) is 5.32 Å². The number of aromatic nitrogens is 1. The number of halogens is 3. The lowest BCUT2D eigenvalue weighted by Gasteiger charge is -2.32. The van der Waals surface area contributed by atoms with E-state index in [1.807, 2.05) is 19.1 Å². The van der Waals surface area contributed by atoms with E-state index in [4.69, 9.17) is 0 Å². The Morgan fingerprint density at radius 3 is 2.68 bits per heavy atom. The van der Waals surface area contributed by atoms with E-state index in [0.29, 0.717) is 23.9 Å². The van der Waals surface area contributed by atoms with Gasteiger partial charge in [-0.05, 0) is 37.9 Å². The summed E-state index contributed by atoms with van der Waals surface area (Å²) in [6.07, 6.45) is -2.16. The van der Waals surface area contributed by atoms with E-state index in [1.165, 1.54) is 6.20 Å². The van der Waals surface area contributed by atoms with Crippen molar-refractivity contribution in [1.82, 2.24) is 10.3 Å². The Labute approximate surface area is 109 Å². The van der Waals surface area contributed by atoms with E-state index in [1.54, 1.807) is 6.07 Å². The maximum absolute atomic E-state index is 13.5. The maximum Gasteiger partial charge on any atom is 0.410 e. The molecule has 0 bridgehead atoms. The van der Waals surface area contributed by atoms with Crippen molar-refractivity contribution >= 4 is 10.9 Å². The second-order valence-electron chi connectivity index (χ2n) is 5.18. The number of nitrogens with one attached hydrogen (secondary N) is 2. The molecule has 2 N–H and O–H groups in total. The van der Waals surface area contributed by atoms with Crippen LogP contribution in [-0.2, 0) is 5.54 Å². The topological polar surface area (TPSA) is 27.8 Å². The minimum atomic E-state index is -4.29. The van der Waals surface area contributed by atoms with Crippen LogP contribution in [0.3, 0.4) is 0 Å². The van der Waals surface area contributed by atoms with Gasteiger partial charge in [-0.15, -0.1) is 0 Å². The fraction of sp³-hybridized carbons (Fsp3) is 0.429. The highest BCUT2D eigenvalue weighted by atomic mass is 19.4. The molecule has 1 aliphatic heterocycles. The van der Waals surface area contributed by atoms with E-state index in [0.717, 1.165) is 11.1 Å². The Morgan fingerprint density at radius 2 is 2.05 bits per heavy atom. The zero-order chi connectivity index (χ0) is 13.7. The van der Waals surface area contributed by atoms with Crippen molar-refractivity contribution in [3.8, 4) is 0 Å². The molecule has 2 nitrogen and oxygen atoms in total. The molecule has 2 heterocycles. The smallest absolute Gasteiger partial charge is 0.361 e. The van der Waals surface area contributed by atoms with Gasteiger partial charge in [-0.25, -0.2) is 0 Å². The minimum absolute atomic E-state index is 0.0946. The molecule has 0 spiro atoms. The van der Waals surface area contributed by atoms with Crippen LogP contribution in [0.15, 0.2) is 24.4 Å². The zero-order valence-electron chi connectivity index (χ0n) is 10.6. The molecular formula is C14H15F3N2. The first kappa shape index (κ1) is 12.5. The Bertz CT molecular complexity index is 607. The average molecular weight is 268 g/mol. The number of H-pyrrole nitrogens is 1. The van der Waals surface area contributed by atoms with Gasteiger partial charge in [0.15, 0.2) is 0 Å². The molecule has 1 aromatic heterocycles. The average Bonchev–Trinajstić information content (AvgIpc) is 2.92. The maximum atomic E-state index is 13.5. The van der Waals surface area contributed by atoms with Crippen molar-refractivity contribution in [3.63, 3.8) is 0 Å². The summed E-state index contributed by atoms with van der Waals surface area (Å²) in [5.41, 5.74) is 0.196. The zero-order valence-corrected chi connectivity index (χ0v) is 10.6. The van der Waals surface area contributed by atoms with Crippen LogP contribution in [0.5, 0.6) is 0 Å². The number of hydrogen-bond acceptors (Lipinski definition) is 1. The standard InChI is InChI=1S/C14H15F3N2/c1-9-3-4-10-11(8-18-12(10)7-9)13(14(15,16)17)5-2-6-19-13/h3-4,7-8,18-19H,2,5-6H2,1H3. The molecule has 1 unspecified atom stereocenters. The Kier molecular flexibility index (Phi) is 2.64. The van der Waals surface area contributed by atoms with Crippen LogP contribution < -0.4 is 5.32 Å². The molecule has 102 valence electrons. The number of hydrogen-bond donors (Lipinski definition) is 2. The molecule has 0 radical (unpaired) electrons. The van der Waals surface area contributed by atoms with Gasteiger partial charge in [0.1, 0.15) is 5.54 Å². The third-order valence-corrected chi connectivity index (χ3v) is 3.94. The van der Waals surface area contributed by atoms with Crippen molar-refractivity contribution in [2.24, 2.45) is 0 Å². The largest absolute Gasteiger partial charge is 0.410 e. The third kappa shape index (κ3) is 1.75. The molecule has 5 heteroatoms. The first-order chi connectivity index (χ1) is 8.94. The summed E-state index contributed by atoms with van der Waals surface area (Å²) >= 11 is 0. The number of aromatic amines is 1. The van der Waals surface area contributed by atoms with Crippen molar-refractivity contribution < 1.29 is 13.2 Å². The number of alkyl halides is 3. The second kappa shape index (κ2) is 4.00. The quantitative estimate of drug-likeness (QED) is 0.812. The summed E-state index contributed by atoms with van der Waals surface area (Å²) in [5.74, 6) is 0. The predicted octanol–water partition coefficient (Wildman–Crippen LogP) is 3.62. The monoisotopic (exact) mass is 268 g/mol. The van der Waals surface area contributed by atoms with E-state index >= 15 is 0 Å². The number of fused-ring (bicyclic) bond motifs is 1. The fourth-order valence-corrected chi connectivity index (χ4v) is 2.96. The third-order valence-electron chi connectivity index (χ3n) is 3.94. The summed E-state index contributed by atoms with van der Waals surface area (Å²) in [4.78, 5) is 2.96. The minimum Gasteiger partial charge on any atom is -0.361 e. The van der Waals surface area contributed by atoms with Gasteiger partial charge in [0.05, 0.1) is 0 Å². The Hall–Kier alpha value is -1.49. The Morgan fingerprint density at radius 1 is 1.26 bits per heavy atom. The molecule has 0 amide bonds. The van der Waals surface area contributed by atoms with Gasteiger partial charge in [-0.2, -0.15) is 13.2 Å². The Balaban J connectivity index is 2.22. The van der Waals surface area contributed by atoms with Crippen molar-refractivity contribution in [2.45, 2.75) is 31.5 Å². The van der Waals surface area contributed by atoms with Crippen LogP contribution in [0.4, 0.5) is 13.2 Å². The van der Waals surface area contributed by atoms with Gasteiger partial charge in [0.2, 0.25) is 0 Å².